The topological polar surface area (TPSA) is 136 Å². The standard InChI is InChI=1S/C50H85NO11.2C2H6/c1-5-9-12-15-18-23-26-36-56-46(52)31-24-19-20-25-32-47(53)59-41-45(43-62-50(55)61-40-44-30-29-35-51(8-4)39-44)42-60-48(54)33-34-49(57-37-27-21-16-13-10-6-2)58-38-28-22-17-14-11-7-3;2*1-2/h10-11,13-14,44-45,49H,5-9,12,15-22,24-25,27-43H2,1-4H3;2*1-2H3/b13-10-,14-11-;;. The zero-order valence-electron chi connectivity index (χ0n) is 43.3. The summed E-state index contributed by atoms with van der Waals surface area (Å²) in [6.45, 7) is 20.6. The van der Waals surface area contributed by atoms with Crippen molar-refractivity contribution in [1.82, 2.24) is 4.90 Å². The monoisotopic (exact) mass is 936 g/mol. The Balaban J connectivity index is 0. The van der Waals surface area contributed by atoms with Crippen LogP contribution in [0, 0.1) is 23.7 Å². The average Bonchev–Trinajstić information content (AvgIpc) is 3.34. The number of ether oxygens (including phenoxy) is 7. The van der Waals surface area contributed by atoms with Gasteiger partial charge in [0.25, 0.3) is 0 Å². The zero-order valence-corrected chi connectivity index (χ0v) is 43.3. The zero-order chi connectivity index (χ0) is 49.1. The number of unbranched alkanes of at least 4 members (excludes halogenated alkanes) is 11. The first-order valence-corrected chi connectivity index (χ1v) is 26.3. The van der Waals surface area contributed by atoms with Gasteiger partial charge in [0.15, 0.2) is 12.9 Å². The Morgan fingerprint density at radius 3 is 1.74 bits per heavy atom. The quantitative estimate of drug-likeness (QED) is 0.0146. The van der Waals surface area contributed by atoms with Gasteiger partial charge in [-0.15, -0.1) is 0 Å². The van der Waals surface area contributed by atoms with Crippen LogP contribution in [-0.4, -0.2) is 101 Å². The highest BCUT2D eigenvalue weighted by Crippen LogP contribution is 2.17. The molecule has 0 N–H and O–H groups in total. The van der Waals surface area contributed by atoms with Crippen molar-refractivity contribution in [2.24, 2.45) is 11.8 Å². The average molecular weight is 936 g/mol. The van der Waals surface area contributed by atoms with Crippen LogP contribution in [0.15, 0.2) is 24.3 Å². The minimum atomic E-state index is -0.796. The van der Waals surface area contributed by atoms with Crippen molar-refractivity contribution < 1.29 is 52.3 Å². The number of carbonyl (C=O) groups excluding carboxylic acids is 4. The lowest BCUT2D eigenvalue weighted by Crippen LogP contribution is -2.37. The van der Waals surface area contributed by atoms with E-state index in [0.29, 0.717) is 38.9 Å². The third-order valence-electron chi connectivity index (χ3n) is 10.5. The van der Waals surface area contributed by atoms with Gasteiger partial charge in [0.2, 0.25) is 0 Å². The molecule has 1 saturated heterocycles. The van der Waals surface area contributed by atoms with Gasteiger partial charge in [-0.1, -0.05) is 124 Å². The minimum Gasteiger partial charge on any atom is -0.465 e. The highest BCUT2D eigenvalue weighted by atomic mass is 16.7. The smallest absolute Gasteiger partial charge is 0.465 e. The molecule has 0 radical (unpaired) electrons. The number of likely N-dealkylation sites (tertiary alicyclic amines) is 1. The molecule has 1 aliphatic heterocycles. The molecule has 2 unspecified atom stereocenters. The number of esters is 3. The van der Waals surface area contributed by atoms with Crippen LogP contribution in [0.5, 0.6) is 0 Å². The Morgan fingerprint density at radius 1 is 0.606 bits per heavy atom. The molecule has 0 amide bonds. The fourth-order valence-corrected chi connectivity index (χ4v) is 6.74. The maximum atomic E-state index is 13.0. The molecule has 2 atom stereocenters. The summed E-state index contributed by atoms with van der Waals surface area (Å²) in [5.41, 5.74) is 0. The van der Waals surface area contributed by atoms with Gasteiger partial charge in [-0.05, 0) is 96.6 Å². The second-order valence-electron chi connectivity index (χ2n) is 16.2. The van der Waals surface area contributed by atoms with Crippen LogP contribution < -0.4 is 0 Å². The molecular formula is C54H97NO11. The third-order valence-corrected chi connectivity index (χ3v) is 10.5. The highest BCUT2D eigenvalue weighted by Gasteiger charge is 2.23. The second-order valence-corrected chi connectivity index (χ2v) is 16.2. The predicted molar refractivity (Wildman–Crippen MR) is 267 cm³/mol. The van der Waals surface area contributed by atoms with Gasteiger partial charge >= 0.3 is 24.1 Å². The van der Waals surface area contributed by atoms with E-state index in [1.165, 1.54) is 19.3 Å². The fourth-order valence-electron chi connectivity index (χ4n) is 6.74. The molecule has 0 spiro atoms. The molecule has 0 aromatic rings. The van der Waals surface area contributed by atoms with Crippen LogP contribution in [0.25, 0.3) is 0 Å². The number of carbonyl (C=O) groups is 4. The van der Waals surface area contributed by atoms with E-state index in [0.717, 1.165) is 110 Å². The summed E-state index contributed by atoms with van der Waals surface area (Å²) < 4.78 is 39.3. The second kappa shape index (κ2) is 51.0. The lowest BCUT2D eigenvalue weighted by Gasteiger charge is -2.31. The highest BCUT2D eigenvalue weighted by molar-refractivity contribution is 5.70. The van der Waals surface area contributed by atoms with E-state index in [9.17, 15) is 19.2 Å². The number of nitrogens with zero attached hydrogens (tertiary/aromatic N) is 1. The molecule has 0 aromatic heterocycles. The van der Waals surface area contributed by atoms with E-state index in [1.807, 2.05) is 27.7 Å². The first kappa shape index (κ1) is 64.7. The maximum Gasteiger partial charge on any atom is 0.508 e. The van der Waals surface area contributed by atoms with Crippen LogP contribution in [0.1, 0.15) is 203 Å². The van der Waals surface area contributed by atoms with Crippen LogP contribution in [-0.2, 0) is 47.5 Å². The summed E-state index contributed by atoms with van der Waals surface area (Å²) in [5.74, 6) is 4.54. The van der Waals surface area contributed by atoms with Gasteiger partial charge in [0, 0.05) is 51.4 Å². The van der Waals surface area contributed by atoms with Gasteiger partial charge < -0.3 is 38.1 Å². The number of piperidine rings is 1. The van der Waals surface area contributed by atoms with Gasteiger partial charge in [-0.2, -0.15) is 0 Å². The van der Waals surface area contributed by atoms with E-state index in [4.69, 9.17) is 33.2 Å². The Morgan fingerprint density at radius 2 is 1.17 bits per heavy atom. The lowest BCUT2D eigenvalue weighted by molar-refractivity contribution is -0.161. The summed E-state index contributed by atoms with van der Waals surface area (Å²) in [6.07, 6.45) is 26.6. The Labute approximate surface area is 403 Å². The van der Waals surface area contributed by atoms with Gasteiger partial charge in [-0.25, -0.2) is 4.79 Å². The van der Waals surface area contributed by atoms with Crippen molar-refractivity contribution in [2.45, 2.75) is 209 Å². The summed E-state index contributed by atoms with van der Waals surface area (Å²) in [7, 11) is 0. The summed E-state index contributed by atoms with van der Waals surface area (Å²) >= 11 is 0. The molecule has 1 rings (SSSR count). The van der Waals surface area contributed by atoms with Crippen molar-refractivity contribution in [3.8, 4) is 11.8 Å². The summed E-state index contributed by atoms with van der Waals surface area (Å²) in [6, 6.07) is 0. The largest absolute Gasteiger partial charge is 0.508 e. The summed E-state index contributed by atoms with van der Waals surface area (Å²) in [4.78, 5) is 52.6. The van der Waals surface area contributed by atoms with E-state index in [1.54, 1.807) is 0 Å². The number of hydrogen-bond acceptors (Lipinski definition) is 12. The predicted octanol–water partition coefficient (Wildman–Crippen LogP) is 12.9. The molecule has 1 fully saturated rings. The molecule has 66 heavy (non-hydrogen) atoms. The van der Waals surface area contributed by atoms with Crippen LogP contribution in [0.2, 0.25) is 0 Å². The third kappa shape index (κ3) is 43.2. The molecule has 12 heteroatoms. The van der Waals surface area contributed by atoms with Crippen molar-refractivity contribution in [2.75, 3.05) is 65.9 Å². The van der Waals surface area contributed by atoms with E-state index < -0.39 is 30.3 Å². The van der Waals surface area contributed by atoms with E-state index in [2.05, 4.69) is 68.7 Å². The van der Waals surface area contributed by atoms with Gasteiger partial charge in [0.1, 0.15) is 19.8 Å². The molecule has 12 nitrogen and oxygen atoms in total. The molecule has 0 aliphatic carbocycles. The fraction of sp³-hybridized carbons (Fsp3) is 0.815. The molecular weight excluding hydrogens is 839 g/mol. The number of rotatable bonds is 38. The molecule has 1 aliphatic rings. The lowest BCUT2D eigenvalue weighted by atomic mass is 9.99. The molecule has 0 saturated carbocycles. The normalized spacial score (nSPS) is 14.0. The Kier molecular flexibility index (Phi) is 50.0. The number of hydrogen-bond donors (Lipinski definition) is 0. The first-order chi connectivity index (χ1) is 32.3. The van der Waals surface area contributed by atoms with E-state index >= 15 is 0 Å². The molecule has 0 aromatic carbocycles. The maximum absolute atomic E-state index is 13.0. The van der Waals surface area contributed by atoms with Crippen LogP contribution in [0.3, 0.4) is 0 Å². The Bertz CT molecular complexity index is 1240. The van der Waals surface area contributed by atoms with Crippen LogP contribution >= 0.6 is 0 Å². The molecule has 1 heterocycles. The van der Waals surface area contributed by atoms with Gasteiger partial charge in [0.05, 0.1) is 18.9 Å². The van der Waals surface area contributed by atoms with Crippen LogP contribution in [0.4, 0.5) is 4.79 Å². The van der Waals surface area contributed by atoms with Crippen molar-refractivity contribution >= 4 is 24.1 Å². The SMILES string of the molecule is CC.CC.CC/C=C\CCCCOC(CCC(=O)OCC(COC(=O)CCCCCCC(=O)OCC#CCCCCCC)COC(=O)OCC1CCCN(CC)C1)OCCCC/C=C\CC. The van der Waals surface area contributed by atoms with Gasteiger partial charge in [-0.3, -0.25) is 14.4 Å². The van der Waals surface area contributed by atoms with Crippen molar-refractivity contribution in [3.63, 3.8) is 0 Å². The molecule has 384 valence electrons. The van der Waals surface area contributed by atoms with Crippen molar-refractivity contribution in [3.05, 3.63) is 24.3 Å². The summed E-state index contributed by atoms with van der Waals surface area (Å²) in [5, 5.41) is 0. The molecule has 0 bridgehead atoms. The first-order valence-electron chi connectivity index (χ1n) is 26.3. The number of allylic oxidation sites excluding steroid dienone is 4. The minimum absolute atomic E-state index is 0.0831. The van der Waals surface area contributed by atoms with E-state index in [-0.39, 0.29) is 57.8 Å². The Hall–Kier alpha value is -3.40. The van der Waals surface area contributed by atoms with Crippen molar-refractivity contribution in [1.29, 1.82) is 0 Å².